The molecule has 0 saturated carbocycles. The SMILES string of the molecule is CC(C)(C)c1ccccc1C=CC(=O)O. The van der Waals surface area contributed by atoms with Gasteiger partial charge in [-0.15, -0.1) is 0 Å². The van der Waals surface area contributed by atoms with E-state index in [2.05, 4.69) is 20.8 Å². The van der Waals surface area contributed by atoms with Crippen molar-refractivity contribution in [3.63, 3.8) is 0 Å². The van der Waals surface area contributed by atoms with Crippen LogP contribution in [-0.2, 0) is 10.2 Å². The number of hydrogen-bond acceptors (Lipinski definition) is 1. The lowest BCUT2D eigenvalue weighted by atomic mass is 9.84. The van der Waals surface area contributed by atoms with Crippen LogP contribution in [0.1, 0.15) is 31.9 Å². The van der Waals surface area contributed by atoms with Crippen LogP contribution in [0.4, 0.5) is 0 Å². The van der Waals surface area contributed by atoms with Gasteiger partial charge in [-0.05, 0) is 22.6 Å². The average Bonchev–Trinajstić information content (AvgIpc) is 2.13. The second-order valence-corrected chi connectivity index (χ2v) is 4.51. The highest BCUT2D eigenvalue weighted by molar-refractivity contribution is 5.85. The molecule has 0 spiro atoms. The van der Waals surface area contributed by atoms with Crippen LogP contribution in [0.2, 0.25) is 0 Å². The topological polar surface area (TPSA) is 37.3 Å². The van der Waals surface area contributed by atoms with Gasteiger partial charge >= 0.3 is 5.97 Å². The van der Waals surface area contributed by atoms with Crippen LogP contribution in [0, 0.1) is 0 Å². The minimum absolute atomic E-state index is 0.0272. The van der Waals surface area contributed by atoms with E-state index in [-0.39, 0.29) is 5.41 Å². The molecule has 0 aliphatic rings. The van der Waals surface area contributed by atoms with Gasteiger partial charge in [0.05, 0.1) is 0 Å². The first-order valence-electron chi connectivity index (χ1n) is 4.92. The molecule has 0 radical (unpaired) electrons. The largest absolute Gasteiger partial charge is 0.478 e. The molecule has 0 aliphatic carbocycles. The van der Waals surface area contributed by atoms with E-state index in [9.17, 15) is 4.79 Å². The van der Waals surface area contributed by atoms with E-state index < -0.39 is 5.97 Å². The highest BCUT2D eigenvalue weighted by Gasteiger charge is 2.15. The van der Waals surface area contributed by atoms with Gasteiger partial charge in [-0.25, -0.2) is 4.79 Å². The maximum atomic E-state index is 10.4. The predicted octanol–water partition coefficient (Wildman–Crippen LogP) is 3.08. The summed E-state index contributed by atoms with van der Waals surface area (Å²) in [7, 11) is 0. The fourth-order valence-corrected chi connectivity index (χ4v) is 1.49. The number of rotatable bonds is 2. The van der Waals surface area contributed by atoms with Gasteiger partial charge < -0.3 is 5.11 Å². The van der Waals surface area contributed by atoms with Crippen molar-refractivity contribution in [2.45, 2.75) is 26.2 Å². The number of carboxylic acids is 1. The Kier molecular flexibility index (Phi) is 3.30. The Bertz CT molecular complexity index is 384. The molecule has 1 N–H and O–H groups in total. The maximum absolute atomic E-state index is 10.4. The lowest BCUT2D eigenvalue weighted by molar-refractivity contribution is -0.131. The van der Waals surface area contributed by atoms with E-state index in [0.717, 1.165) is 11.1 Å². The van der Waals surface area contributed by atoms with Crippen molar-refractivity contribution < 1.29 is 9.90 Å². The normalized spacial score (nSPS) is 11.9. The van der Waals surface area contributed by atoms with Crippen LogP contribution in [0.25, 0.3) is 6.08 Å². The van der Waals surface area contributed by atoms with Gasteiger partial charge in [0.15, 0.2) is 0 Å². The van der Waals surface area contributed by atoms with Crippen LogP contribution >= 0.6 is 0 Å². The number of benzene rings is 1. The molecule has 0 bridgehead atoms. The second-order valence-electron chi connectivity index (χ2n) is 4.51. The Morgan fingerprint density at radius 2 is 1.87 bits per heavy atom. The summed E-state index contributed by atoms with van der Waals surface area (Å²) in [6.07, 6.45) is 2.81. The van der Waals surface area contributed by atoms with E-state index in [1.165, 1.54) is 6.08 Å². The van der Waals surface area contributed by atoms with Crippen molar-refractivity contribution in [3.05, 3.63) is 41.5 Å². The summed E-state index contributed by atoms with van der Waals surface area (Å²) in [5.74, 6) is -0.918. The third-order valence-corrected chi connectivity index (χ3v) is 2.17. The highest BCUT2D eigenvalue weighted by Crippen LogP contribution is 2.26. The zero-order valence-electron chi connectivity index (χ0n) is 9.32. The van der Waals surface area contributed by atoms with Crippen LogP contribution in [-0.4, -0.2) is 11.1 Å². The van der Waals surface area contributed by atoms with E-state index in [0.29, 0.717) is 0 Å². The highest BCUT2D eigenvalue weighted by atomic mass is 16.4. The van der Waals surface area contributed by atoms with E-state index in [4.69, 9.17) is 5.11 Å². The molecular weight excluding hydrogens is 188 g/mol. The average molecular weight is 204 g/mol. The van der Waals surface area contributed by atoms with Gasteiger partial charge in [0.25, 0.3) is 0 Å². The zero-order valence-corrected chi connectivity index (χ0v) is 9.32. The van der Waals surface area contributed by atoms with E-state index in [1.807, 2.05) is 24.3 Å². The third-order valence-electron chi connectivity index (χ3n) is 2.17. The van der Waals surface area contributed by atoms with Gasteiger partial charge in [0, 0.05) is 6.08 Å². The molecule has 0 amide bonds. The number of carboxylic acid groups (broad SMARTS) is 1. The van der Waals surface area contributed by atoms with Crippen molar-refractivity contribution in [1.82, 2.24) is 0 Å². The molecule has 1 aromatic carbocycles. The maximum Gasteiger partial charge on any atom is 0.328 e. The van der Waals surface area contributed by atoms with Gasteiger partial charge in [0.2, 0.25) is 0 Å². The molecule has 1 rings (SSSR count). The molecule has 80 valence electrons. The molecule has 0 heterocycles. The molecule has 0 saturated heterocycles. The summed E-state index contributed by atoms with van der Waals surface area (Å²) in [6, 6.07) is 7.84. The van der Waals surface area contributed by atoms with Crippen molar-refractivity contribution in [2.75, 3.05) is 0 Å². The van der Waals surface area contributed by atoms with Crippen LogP contribution < -0.4 is 0 Å². The minimum Gasteiger partial charge on any atom is -0.478 e. The van der Waals surface area contributed by atoms with Gasteiger partial charge in [0.1, 0.15) is 0 Å². The van der Waals surface area contributed by atoms with Gasteiger partial charge in [-0.1, -0.05) is 45.0 Å². The van der Waals surface area contributed by atoms with Crippen LogP contribution in [0.3, 0.4) is 0 Å². The minimum atomic E-state index is -0.918. The van der Waals surface area contributed by atoms with E-state index in [1.54, 1.807) is 6.08 Å². The fraction of sp³-hybridized carbons (Fsp3) is 0.308. The quantitative estimate of drug-likeness (QED) is 0.752. The Morgan fingerprint density at radius 3 is 2.40 bits per heavy atom. The molecule has 2 nitrogen and oxygen atoms in total. The zero-order chi connectivity index (χ0) is 11.5. The number of hydrogen-bond donors (Lipinski definition) is 1. The molecule has 0 unspecified atom stereocenters. The molecule has 15 heavy (non-hydrogen) atoms. The van der Waals surface area contributed by atoms with Crippen LogP contribution in [0.15, 0.2) is 30.3 Å². The number of aliphatic carboxylic acids is 1. The molecule has 2 heteroatoms. The van der Waals surface area contributed by atoms with Crippen molar-refractivity contribution >= 4 is 12.0 Å². The van der Waals surface area contributed by atoms with E-state index >= 15 is 0 Å². The summed E-state index contributed by atoms with van der Waals surface area (Å²) in [5, 5.41) is 8.58. The lowest BCUT2D eigenvalue weighted by Gasteiger charge is -2.21. The Labute approximate surface area is 90.3 Å². The Balaban J connectivity index is 3.13. The predicted molar refractivity (Wildman–Crippen MR) is 61.8 cm³/mol. The molecule has 0 aliphatic heterocycles. The summed E-state index contributed by atoms with van der Waals surface area (Å²) in [4.78, 5) is 10.4. The van der Waals surface area contributed by atoms with Crippen molar-refractivity contribution in [1.29, 1.82) is 0 Å². The molecular formula is C13H16O2. The van der Waals surface area contributed by atoms with Gasteiger partial charge in [-0.3, -0.25) is 0 Å². The van der Waals surface area contributed by atoms with Crippen LogP contribution in [0.5, 0.6) is 0 Å². The summed E-state index contributed by atoms with van der Waals surface area (Å²) < 4.78 is 0. The summed E-state index contributed by atoms with van der Waals surface area (Å²) >= 11 is 0. The second kappa shape index (κ2) is 4.30. The number of carbonyl (C=O) groups is 1. The first kappa shape index (κ1) is 11.5. The molecule has 0 fully saturated rings. The summed E-state index contributed by atoms with van der Waals surface area (Å²) in [6.45, 7) is 6.33. The first-order valence-corrected chi connectivity index (χ1v) is 4.92. The summed E-state index contributed by atoms with van der Waals surface area (Å²) in [5.41, 5.74) is 2.15. The van der Waals surface area contributed by atoms with Gasteiger partial charge in [-0.2, -0.15) is 0 Å². The standard InChI is InChI=1S/C13H16O2/c1-13(2,3)11-7-5-4-6-10(11)8-9-12(14)15/h4-9H,1-3H3,(H,14,15). The smallest absolute Gasteiger partial charge is 0.328 e. The van der Waals surface area contributed by atoms with Crippen molar-refractivity contribution in [3.8, 4) is 0 Å². The van der Waals surface area contributed by atoms with Crippen molar-refractivity contribution in [2.24, 2.45) is 0 Å². The third kappa shape index (κ3) is 3.24. The molecule has 0 aromatic heterocycles. The lowest BCUT2D eigenvalue weighted by Crippen LogP contribution is -2.12. The fourth-order valence-electron chi connectivity index (χ4n) is 1.49. The Morgan fingerprint density at radius 1 is 1.27 bits per heavy atom. The molecule has 0 atom stereocenters. The molecule has 1 aromatic rings. The Hall–Kier alpha value is -1.57. The monoisotopic (exact) mass is 204 g/mol. The first-order chi connectivity index (χ1) is 6.91.